The number of ether oxygens (including phenoxy) is 2. The molecule has 13 nitrogen and oxygen atoms in total. The van der Waals surface area contributed by atoms with Gasteiger partial charge in [0, 0.05) is 49.8 Å². The fraction of sp³-hybridized carbons (Fsp3) is 0.524. The molecule has 13 heteroatoms. The number of amides is 3. The van der Waals surface area contributed by atoms with E-state index in [1.54, 1.807) is 6.08 Å². The molecule has 0 unspecified atom stereocenters. The first-order valence-electron chi connectivity index (χ1n) is 10.6. The summed E-state index contributed by atoms with van der Waals surface area (Å²) in [5, 5.41) is 24.4. The van der Waals surface area contributed by atoms with Gasteiger partial charge in [0.05, 0.1) is 32.8 Å². The minimum absolute atomic E-state index is 0.0112. The van der Waals surface area contributed by atoms with E-state index < -0.39 is 23.3 Å². The lowest BCUT2D eigenvalue weighted by Crippen LogP contribution is -2.51. The minimum atomic E-state index is -1.86. The van der Waals surface area contributed by atoms with E-state index in [4.69, 9.17) is 19.7 Å². The van der Waals surface area contributed by atoms with Crippen molar-refractivity contribution in [2.45, 2.75) is 25.7 Å². The van der Waals surface area contributed by atoms with Gasteiger partial charge in [0.15, 0.2) is 5.41 Å². The van der Waals surface area contributed by atoms with Crippen LogP contribution in [0.5, 0.6) is 0 Å². The van der Waals surface area contributed by atoms with Crippen molar-refractivity contribution < 1.29 is 43.7 Å². The smallest absolute Gasteiger partial charge is 0.321 e. The van der Waals surface area contributed by atoms with Crippen LogP contribution in [-0.4, -0.2) is 90.0 Å². The van der Waals surface area contributed by atoms with E-state index in [0.29, 0.717) is 18.0 Å². The predicted octanol–water partition coefficient (Wildman–Crippen LogP) is -0.750. The van der Waals surface area contributed by atoms with Crippen LogP contribution in [0.15, 0.2) is 29.5 Å². The molecule has 4 N–H and O–H groups in total. The third-order valence-electron chi connectivity index (χ3n) is 5.18. The van der Waals surface area contributed by atoms with E-state index in [1.165, 1.54) is 11.0 Å². The number of nitrogens with one attached hydrogen (secondary N) is 2. The second-order valence-electron chi connectivity index (χ2n) is 7.65. The monoisotopic (exact) mass is 480 g/mol. The highest BCUT2D eigenvalue weighted by Gasteiger charge is 2.55. The number of rotatable bonds is 15. The number of carbonyl (C=O) groups excluding carboxylic acids is 3. The summed E-state index contributed by atoms with van der Waals surface area (Å²) < 4.78 is 10.6. The molecule has 0 aromatic heterocycles. The maximum absolute atomic E-state index is 11.8. The van der Waals surface area contributed by atoms with Gasteiger partial charge in [-0.1, -0.05) is 6.58 Å². The Bertz CT molecular complexity index is 855. The van der Waals surface area contributed by atoms with Crippen LogP contribution < -0.4 is 10.7 Å². The number of hydrogen-bond donors (Lipinski definition) is 4. The van der Waals surface area contributed by atoms with Crippen LogP contribution in [0.4, 0.5) is 0 Å². The van der Waals surface area contributed by atoms with E-state index in [9.17, 15) is 24.0 Å². The van der Waals surface area contributed by atoms with Gasteiger partial charge in [0.2, 0.25) is 11.8 Å². The topological polar surface area (TPSA) is 184 Å². The third kappa shape index (κ3) is 7.49. The third-order valence-corrected chi connectivity index (χ3v) is 5.18. The number of hydrogen-bond acceptors (Lipinski definition) is 8. The molecular formula is C21H28N4O9. The van der Waals surface area contributed by atoms with Crippen molar-refractivity contribution in [3.8, 4) is 0 Å². The van der Waals surface area contributed by atoms with Crippen LogP contribution >= 0.6 is 0 Å². The summed E-state index contributed by atoms with van der Waals surface area (Å²) in [6.07, 6.45) is 2.67. The van der Waals surface area contributed by atoms with Gasteiger partial charge in [0.25, 0.3) is 5.91 Å². The molecule has 1 saturated carbocycles. The number of aliphatic carboxylic acids is 2. The number of hydrazone groups is 1. The zero-order valence-corrected chi connectivity index (χ0v) is 18.6. The minimum Gasteiger partial charge on any atom is -0.480 e. The quantitative estimate of drug-likeness (QED) is 0.133. The Morgan fingerprint density at radius 1 is 1.00 bits per heavy atom. The standard InChI is InChI=1S/C21H28N4O9/c1-14-2-3-18(28)25(14)7-4-16(26)22-6-9-34-11-10-33-8-5-17(27)24-23-15-12-21(13-15,19(29)30)20(31)32/h2-3H,1,4-13H2,(H,22,26)(H,24,27)(H,29,30)(H,31,32). The average Bonchev–Trinajstić information content (AvgIpc) is 3.06. The zero-order chi connectivity index (χ0) is 25.1. The van der Waals surface area contributed by atoms with E-state index in [1.807, 2.05) is 0 Å². The molecule has 0 bridgehead atoms. The second kappa shape index (κ2) is 12.6. The van der Waals surface area contributed by atoms with Crippen LogP contribution in [-0.2, 0) is 33.4 Å². The molecule has 0 saturated heterocycles. The van der Waals surface area contributed by atoms with E-state index in [2.05, 4.69) is 22.4 Å². The van der Waals surface area contributed by atoms with Crippen molar-refractivity contribution in [3.05, 3.63) is 24.4 Å². The lowest BCUT2D eigenvalue weighted by atomic mass is 9.67. The van der Waals surface area contributed by atoms with Gasteiger partial charge in [-0.15, -0.1) is 0 Å². The summed E-state index contributed by atoms with van der Waals surface area (Å²) >= 11 is 0. The lowest BCUT2D eigenvalue weighted by Gasteiger charge is -2.34. The number of allylic oxidation sites excluding steroid dienone is 1. The summed E-state index contributed by atoms with van der Waals surface area (Å²) in [4.78, 5) is 58.5. The van der Waals surface area contributed by atoms with Crippen molar-refractivity contribution in [3.63, 3.8) is 0 Å². The summed E-state index contributed by atoms with van der Waals surface area (Å²) in [5.74, 6) is -3.70. The van der Waals surface area contributed by atoms with Crippen molar-refractivity contribution >= 4 is 35.4 Å². The normalized spacial score (nSPS) is 16.2. The molecule has 0 atom stereocenters. The Morgan fingerprint density at radius 3 is 2.24 bits per heavy atom. The van der Waals surface area contributed by atoms with E-state index >= 15 is 0 Å². The lowest BCUT2D eigenvalue weighted by molar-refractivity contribution is -0.165. The molecule has 0 aromatic carbocycles. The Labute approximate surface area is 195 Å². The zero-order valence-electron chi connectivity index (χ0n) is 18.6. The molecule has 34 heavy (non-hydrogen) atoms. The largest absolute Gasteiger partial charge is 0.480 e. The van der Waals surface area contributed by atoms with Crippen LogP contribution in [0.3, 0.4) is 0 Å². The molecular weight excluding hydrogens is 452 g/mol. The van der Waals surface area contributed by atoms with Crippen molar-refractivity contribution in [1.29, 1.82) is 0 Å². The maximum Gasteiger partial charge on any atom is 0.321 e. The highest BCUT2D eigenvalue weighted by Crippen LogP contribution is 2.39. The van der Waals surface area contributed by atoms with Crippen molar-refractivity contribution in [2.75, 3.05) is 39.5 Å². The molecule has 0 radical (unpaired) electrons. The van der Waals surface area contributed by atoms with E-state index in [0.717, 1.165) is 0 Å². The predicted molar refractivity (Wildman–Crippen MR) is 116 cm³/mol. The second-order valence-corrected chi connectivity index (χ2v) is 7.65. The SMILES string of the molecule is C=C1C=CC(=O)N1CCC(=O)NCCOCCOCCC(=O)NN=C1CC(C(=O)O)(C(=O)O)C1. The molecule has 0 aromatic rings. The Morgan fingerprint density at radius 2 is 1.65 bits per heavy atom. The average molecular weight is 480 g/mol. The molecule has 1 aliphatic heterocycles. The molecule has 1 heterocycles. The van der Waals surface area contributed by atoms with Gasteiger partial charge in [-0.3, -0.25) is 24.0 Å². The van der Waals surface area contributed by atoms with Crippen molar-refractivity contribution in [2.24, 2.45) is 10.5 Å². The molecule has 2 rings (SSSR count). The van der Waals surface area contributed by atoms with Gasteiger partial charge < -0.3 is 29.9 Å². The van der Waals surface area contributed by atoms with E-state index in [-0.39, 0.29) is 70.5 Å². The van der Waals surface area contributed by atoms with Gasteiger partial charge in [-0.05, 0) is 6.08 Å². The fourth-order valence-electron chi connectivity index (χ4n) is 3.11. The molecule has 1 fully saturated rings. The Kier molecular flexibility index (Phi) is 9.89. The molecule has 3 amide bonds. The van der Waals surface area contributed by atoms with Crippen molar-refractivity contribution in [1.82, 2.24) is 15.6 Å². The maximum atomic E-state index is 11.8. The van der Waals surface area contributed by atoms with Crippen LogP contribution in [0.2, 0.25) is 0 Å². The van der Waals surface area contributed by atoms with Gasteiger partial charge in [0.1, 0.15) is 0 Å². The molecule has 0 spiro atoms. The summed E-state index contributed by atoms with van der Waals surface area (Å²) in [5.41, 5.74) is 1.24. The number of nitrogens with zero attached hydrogens (tertiary/aromatic N) is 2. The first-order chi connectivity index (χ1) is 16.2. The highest BCUT2D eigenvalue weighted by atomic mass is 16.5. The molecule has 1 aliphatic carbocycles. The Hall–Kier alpha value is -3.58. The van der Waals surface area contributed by atoms with Gasteiger partial charge in [-0.25, -0.2) is 5.43 Å². The van der Waals surface area contributed by atoms with Gasteiger partial charge >= 0.3 is 11.9 Å². The van der Waals surface area contributed by atoms with Crippen LogP contribution in [0.25, 0.3) is 0 Å². The molecule has 186 valence electrons. The van der Waals surface area contributed by atoms with Gasteiger partial charge in [-0.2, -0.15) is 5.10 Å². The first-order valence-corrected chi connectivity index (χ1v) is 10.6. The summed E-state index contributed by atoms with van der Waals surface area (Å²) in [6.45, 7) is 5.17. The number of carboxylic acids is 2. The first kappa shape index (κ1) is 26.7. The summed E-state index contributed by atoms with van der Waals surface area (Å²) in [7, 11) is 0. The van der Waals surface area contributed by atoms with Crippen LogP contribution in [0, 0.1) is 5.41 Å². The number of carbonyl (C=O) groups is 5. The fourth-order valence-corrected chi connectivity index (χ4v) is 3.11. The Balaban J connectivity index is 1.43. The van der Waals surface area contributed by atoms with Crippen LogP contribution in [0.1, 0.15) is 25.7 Å². The number of carboxylic acid groups (broad SMARTS) is 2. The highest BCUT2D eigenvalue weighted by molar-refractivity contribution is 6.12. The summed E-state index contributed by atoms with van der Waals surface area (Å²) in [6, 6.07) is 0. The molecule has 2 aliphatic rings.